The van der Waals surface area contributed by atoms with Gasteiger partial charge in [-0.2, -0.15) is 0 Å². The van der Waals surface area contributed by atoms with E-state index in [9.17, 15) is 65.9 Å². The predicted molar refractivity (Wildman–Crippen MR) is 98.4 cm³/mol. The first-order chi connectivity index (χ1) is 17.1. The maximum absolute atomic E-state index is 14.8. The van der Waals surface area contributed by atoms with E-state index in [2.05, 4.69) is 17.1 Å². The van der Waals surface area contributed by atoms with Crippen LogP contribution in [0.25, 0.3) is 0 Å². The van der Waals surface area contributed by atoms with Gasteiger partial charge in [-0.05, 0) is 12.2 Å². The molecule has 0 radical (unpaired) electrons. The molecule has 0 fully saturated rings. The summed E-state index contributed by atoms with van der Waals surface area (Å²) in [6, 6.07) is 0. The first-order valence-corrected chi connectivity index (χ1v) is 9.29. The van der Waals surface area contributed by atoms with Gasteiger partial charge in [-0.3, -0.25) is 0 Å². The van der Waals surface area contributed by atoms with Crippen molar-refractivity contribution in [1.29, 1.82) is 0 Å². The van der Waals surface area contributed by atoms with E-state index in [-0.39, 0.29) is 0 Å². The smallest absolute Gasteiger partial charge is 0.215 e. The molecule has 0 bridgehead atoms. The molecule has 196 valence electrons. The number of isothiocyanates is 1. The maximum Gasteiger partial charge on any atom is 0.215 e. The van der Waals surface area contributed by atoms with Crippen molar-refractivity contribution < 1.29 is 65.9 Å². The predicted octanol–water partition coefficient (Wildman–Crippen LogP) is 4.84. The molecule has 3 aromatic carbocycles. The molecule has 0 atom stereocenters. The highest BCUT2D eigenvalue weighted by Gasteiger charge is 2.48. The number of thiocarbonyl (C=S) groups is 1. The van der Waals surface area contributed by atoms with Crippen LogP contribution in [0.1, 0.15) is 0 Å². The Morgan fingerprint density at radius 1 is 0.351 bits per heavy atom. The van der Waals surface area contributed by atoms with Crippen molar-refractivity contribution in [3.63, 3.8) is 0 Å². The average molecular weight is 570 g/mol. The van der Waals surface area contributed by atoms with Gasteiger partial charge in [0.1, 0.15) is 34.9 Å². The first kappa shape index (κ1) is 28.1. The zero-order chi connectivity index (χ0) is 28.3. The molecular weight excluding hydrogens is 570 g/mol. The van der Waals surface area contributed by atoms with E-state index in [1.54, 1.807) is 0 Å². The highest BCUT2D eigenvalue weighted by molar-refractivity contribution is 7.78. The van der Waals surface area contributed by atoms with Crippen LogP contribution in [-0.2, 0) is 0 Å². The van der Waals surface area contributed by atoms with Crippen LogP contribution >= 0.6 is 12.2 Å². The Labute approximate surface area is 198 Å². The van der Waals surface area contributed by atoms with Crippen molar-refractivity contribution >= 4 is 40.0 Å². The fourth-order valence-electron chi connectivity index (χ4n) is 3.67. The molecule has 0 saturated heterocycles. The molecule has 0 spiro atoms. The number of rotatable bonds is 4. The van der Waals surface area contributed by atoms with Gasteiger partial charge in [-0.25, -0.2) is 65.9 Å². The molecule has 0 aliphatic rings. The molecule has 0 aromatic heterocycles. The van der Waals surface area contributed by atoms with E-state index in [4.69, 9.17) is 0 Å². The Kier molecular flexibility index (Phi) is 7.13. The maximum atomic E-state index is 14.8. The Morgan fingerprint density at radius 2 is 0.514 bits per heavy atom. The van der Waals surface area contributed by atoms with Crippen LogP contribution in [0.5, 0.6) is 0 Å². The largest absolute Gasteiger partial charge is 0.432 e. The SMILES string of the molecule is Fc1c(F)c(F)c([B-](N=C=S)(c2c(F)c(F)c(F)c(F)c2F)c2c(F)c(F)c(F)c(F)c2F)c(F)c1F. The lowest BCUT2D eigenvalue weighted by Gasteiger charge is -2.39. The Morgan fingerprint density at radius 3 is 0.676 bits per heavy atom. The van der Waals surface area contributed by atoms with Gasteiger partial charge in [0, 0.05) is 5.16 Å². The summed E-state index contributed by atoms with van der Waals surface area (Å²) in [5.41, 5.74) is -8.62. The Bertz CT molecular complexity index is 1290. The second-order valence-electron chi connectivity index (χ2n) is 6.99. The third kappa shape index (κ3) is 3.68. The summed E-state index contributed by atoms with van der Waals surface area (Å²) in [7, 11) is 0. The second-order valence-corrected chi connectivity index (χ2v) is 7.17. The molecule has 0 amide bonds. The average Bonchev–Trinajstić information content (AvgIpc) is 2.86. The molecule has 0 heterocycles. The molecule has 3 aromatic rings. The molecule has 0 saturated carbocycles. The van der Waals surface area contributed by atoms with Gasteiger partial charge in [0.15, 0.2) is 52.4 Å². The second kappa shape index (κ2) is 9.41. The number of benzene rings is 3. The van der Waals surface area contributed by atoms with E-state index in [1.807, 2.05) is 0 Å². The van der Waals surface area contributed by atoms with Crippen molar-refractivity contribution in [2.75, 3.05) is 0 Å². The highest BCUT2D eigenvalue weighted by Crippen LogP contribution is 2.28. The molecule has 37 heavy (non-hydrogen) atoms. The summed E-state index contributed by atoms with van der Waals surface area (Å²) in [4.78, 5) is 2.59. The summed E-state index contributed by atoms with van der Waals surface area (Å²) >= 11 is 4.01. The van der Waals surface area contributed by atoms with Crippen LogP contribution in [0, 0.1) is 87.3 Å². The lowest BCUT2D eigenvalue weighted by atomic mass is 9.24. The number of hydrogen-bond acceptors (Lipinski definition) is 2. The lowest BCUT2D eigenvalue weighted by Crippen LogP contribution is -2.72. The van der Waals surface area contributed by atoms with Crippen LogP contribution in [0.15, 0.2) is 4.90 Å². The van der Waals surface area contributed by atoms with Gasteiger partial charge in [-0.1, -0.05) is 16.4 Å². The molecule has 0 aliphatic carbocycles. The summed E-state index contributed by atoms with van der Waals surface area (Å²) < 4.78 is 214. The number of halogens is 15. The third-order valence-electron chi connectivity index (χ3n) is 5.23. The normalized spacial score (nSPS) is 11.6. The topological polar surface area (TPSA) is 12.4 Å². The minimum Gasteiger partial charge on any atom is -0.432 e. The van der Waals surface area contributed by atoms with E-state index in [0.717, 1.165) is 5.16 Å². The summed E-state index contributed by atoms with van der Waals surface area (Å²) in [5, 5.41) is 0.948. The molecule has 0 aliphatic heterocycles. The third-order valence-corrected chi connectivity index (χ3v) is 5.34. The fourth-order valence-corrected chi connectivity index (χ4v) is 3.83. The summed E-state index contributed by atoms with van der Waals surface area (Å²) in [6.07, 6.45) is -6.00. The summed E-state index contributed by atoms with van der Waals surface area (Å²) in [5.74, 6) is -46.8. The molecular formula is C19BF15NS-. The lowest BCUT2D eigenvalue weighted by molar-refractivity contribution is 0.379. The summed E-state index contributed by atoms with van der Waals surface area (Å²) in [6.45, 7) is 0. The molecule has 3 rings (SSSR count). The quantitative estimate of drug-likeness (QED) is 0.109. The van der Waals surface area contributed by atoms with Crippen molar-refractivity contribution in [3.05, 3.63) is 87.3 Å². The monoisotopic (exact) mass is 570 g/mol. The van der Waals surface area contributed by atoms with E-state index >= 15 is 0 Å². The van der Waals surface area contributed by atoms with Gasteiger partial charge >= 0.3 is 0 Å². The van der Waals surface area contributed by atoms with E-state index in [0.29, 0.717) is 0 Å². The Hall–Kier alpha value is -3.53. The number of hydrogen-bond donors (Lipinski definition) is 0. The number of nitrogens with zero attached hydrogens (tertiary/aromatic N) is 1. The molecule has 0 unspecified atom stereocenters. The standard InChI is InChI=1S/C19BF15NS/c21-5-2(6(22)12(28)17(33)11(5)27)20(36-1-37,3-7(23)13(29)18(34)14(30)8(3)24)4-9(25)15(31)19(35)16(32)10(4)26/q-1. The highest BCUT2D eigenvalue weighted by atomic mass is 32.1. The van der Waals surface area contributed by atoms with E-state index in [1.165, 1.54) is 0 Å². The zero-order valence-electron chi connectivity index (χ0n) is 16.6. The van der Waals surface area contributed by atoms with Gasteiger partial charge < -0.3 is 4.90 Å². The minimum atomic E-state index is -6.00. The van der Waals surface area contributed by atoms with Crippen molar-refractivity contribution in [1.82, 2.24) is 0 Å². The van der Waals surface area contributed by atoms with Crippen LogP contribution in [-0.4, -0.2) is 11.4 Å². The molecule has 18 heteroatoms. The van der Waals surface area contributed by atoms with Crippen LogP contribution in [0.2, 0.25) is 0 Å². The van der Waals surface area contributed by atoms with Crippen LogP contribution < -0.4 is 16.4 Å². The zero-order valence-corrected chi connectivity index (χ0v) is 17.4. The molecule has 0 N–H and O–H groups in total. The van der Waals surface area contributed by atoms with Gasteiger partial charge in [0.05, 0.1) is 0 Å². The minimum absolute atomic E-state index is 0.948. The van der Waals surface area contributed by atoms with Crippen molar-refractivity contribution in [2.45, 2.75) is 0 Å². The fraction of sp³-hybridized carbons (Fsp3) is 0. The Balaban J connectivity index is 2.91. The van der Waals surface area contributed by atoms with Crippen molar-refractivity contribution in [3.8, 4) is 0 Å². The van der Waals surface area contributed by atoms with Gasteiger partial charge in [0.2, 0.25) is 6.28 Å². The van der Waals surface area contributed by atoms with Gasteiger partial charge in [0.25, 0.3) is 0 Å². The van der Waals surface area contributed by atoms with Crippen molar-refractivity contribution in [2.24, 2.45) is 4.90 Å². The first-order valence-electron chi connectivity index (χ1n) is 8.89. The molecule has 1 nitrogen and oxygen atoms in total. The van der Waals surface area contributed by atoms with E-state index < -0.39 is 110 Å². The van der Waals surface area contributed by atoms with Gasteiger partial charge in [-0.15, -0.1) is 0 Å². The van der Waals surface area contributed by atoms with Crippen LogP contribution in [0.4, 0.5) is 65.9 Å². The van der Waals surface area contributed by atoms with Crippen LogP contribution in [0.3, 0.4) is 0 Å².